The second-order valence-electron chi connectivity index (χ2n) is 7.35. The predicted molar refractivity (Wildman–Crippen MR) is 101 cm³/mol. The van der Waals surface area contributed by atoms with Gasteiger partial charge in [0.2, 0.25) is 5.91 Å². The van der Waals surface area contributed by atoms with E-state index in [9.17, 15) is 18.0 Å². The quantitative estimate of drug-likeness (QED) is 0.764. The molecule has 1 aliphatic heterocycles. The molecule has 5 nitrogen and oxygen atoms in total. The van der Waals surface area contributed by atoms with E-state index in [1.54, 1.807) is 12.1 Å². The Labute approximate surface area is 168 Å². The normalized spacial score (nSPS) is 23.9. The summed E-state index contributed by atoms with van der Waals surface area (Å²) in [4.78, 5) is 14.4. The molecule has 28 heavy (non-hydrogen) atoms. The van der Waals surface area contributed by atoms with Gasteiger partial charge in [0.15, 0.2) is 18.1 Å². The largest absolute Gasteiger partial charge is 0.493 e. The molecule has 9 heteroatoms. The number of nitrogens with two attached hydrogens (primary N) is 1. The number of fused-ring (bicyclic) bond motifs is 1. The van der Waals surface area contributed by atoms with Gasteiger partial charge in [0.1, 0.15) is 0 Å². The van der Waals surface area contributed by atoms with E-state index >= 15 is 0 Å². The molecule has 2 fully saturated rings. The smallest absolute Gasteiger partial charge is 0.422 e. The van der Waals surface area contributed by atoms with Crippen LogP contribution in [0.3, 0.4) is 0 Å². The molecule has 0 radical (unpaired) electrons. The monoisotopic (exact) mass is 422 g/mol. The molecule has 1 saturated carbocycles. The number of methoxy groups -OCH3 is 1. The summed E-state index contributed by atoms with van der Waals surface area (Å²) in [5, 5.41) is 0. The van der Waals surface area contributed by atoms with E-state index < -0.39 is 12.8 Å². The van der Waals surface area contributed by atoms with Gasteiger partial charge in [-0.15, -0.1) is 12.4 Å². The highest BCUT2D eigenvalue weighted by Crippen LogP contribution is 2.37. The number of hydrogen-bond acceptors (Lipinski definition) is 4. The van der Waals surface area contributed by atoms with Crippen LogP contribution in [-0.2, 0) is 11.2 Å². The molecule has 1 aromatic carbocycles. The SMILES string of the molecule is COc1cc(CCC(=O)N2CC3CCC(N)C3C2)ccc1OCC(F)(F)F.Cl. The van der Waals surface area contributed by atoms with Crippen LogP contribution in [0.5, 0.6) is 11.5 Å². The highest BCUT2D eigenvalue weighted by Gasteiger charge is 2.42. The third-order valence-corrected chi connectivity index (χ3v) is 5.51. The zero-order valence-corrected chi connectivity index (χ0v) is 16.5. The average molecular weight is 423 g/mol. The van der Waals surface area contributed by atoms with Crippen molar-refractivity contribution in [3.8, 4) is 11.5 Å². The number of alkyl halides is 3. The van der Waals surface area contributed by atoms with Crippen LogP contribution in [0, 0.1) is 11.8 Å². The number of nitrogens with zero attached hydrogens (tertiary/aromatic N) is 1. The van der Waals surface area contributed by atoms with Crippen LogP contribution in [0.15, 0.2) is 18.2 Å². The van der Waals surface area contributed by atoms with E-state index in [2.05, 4.69) is 0 Å². The van der Waals surface area contributed by atoms with Crippen molar-refractivity contribution in [3.63, 3.8) is 0 Å². The maximum atomic E-state index is 12.5. The minimum Gasteiger partial charge on any atom is -0.493 e. The number of carbonyl (C=O) groups excluding carboxylic acids is 1. The van der Waals surface area contributed by atoms with Crippen molar-refractivity contribution in [2.24, 2.45) is 17.6 Å². The molecule has 3 rings (SSSR count). The molecule has 2 aliphatic rings. The fourth-order valence-corrected chi connectivity index (χ4v) is 4.07. The maximum absolute atomic E-state index is 12.5. The first kappa shape index (κ1) is 22.6. The summed E-state index contributed by atoms with van der Waals surface area (Å²) in [5.41, 5.74) is 6.93. The Morgan fingerprint density at radius 2 is 2.00 bits per heavy atom. The molecule has 3 atom stereocenters. The second-order valence-corrected chi connectivity index (χ2v) is 7.35. The summed E-state index contributed by atoms with van der Waals surface area (Å²) in [7, 11) is 1.37. The zero-order chi connectivity index (χ0) is 19.6. The predicted octanol–water partition coefficient (Wildman–Crippen LogP) is 3.19. The van der Waals surface area contributed by atoms with E-state index in [1.807, 2.05) is 4.90 Å². The topological polar surface area (TPSA) is 64.8 Å². The molecule has 1 heterocycles. The van der Waals surface area contributed by atoms with Crippen LogP contribution in [0.1, 0.15) is 24.8 Å². The van der Waals surface area contributed by atoms with Gasteiger partial charge in [-0.1, -0.05) is 6.07 Å². The standard InChI is InChI=1S/C19H25F3N2O3.ClH/c1-26-17-8-12(2-6-16(17)27-11-19(20,21)22)3-7-18(25)24-9-13-4-5-15(23)14(13)10-24;/h2,6,8,13-15H,3-5,7,9-11,23H2,1H3;1H. The third kappa shape index (κ3) is 5.44. The molecule has 0 aromatic heterocycles. The van der Waals surface area contributed by atoms with Gasteiger partial charge < -0.3 is 20.1 Å². The summed E-state index contributed by atoms with van der Waals surface area (Å²) in [6.07, 6.45) is -1.44. The third-order valence-electron chi connectivity index (χ3n) is 5.51. The number of ether oxygens (including phenoxy) is 2. The van der Waals surface area contributed by atoms with Crippen molar-refractivity contribution >= 4 is 18.3 Å². The van der Waals surface area contributed by atoms with Crippen LogP contribution in [0.4, 0.5) is 13.2 Å². The average Bonchev–Trinajstić information content (AvgIpc) is 3.19. The van der Waals surface area contributed by atoms with Crippen molar-refractivity contribution in [1.82, 2.24) is 4.90 Å². The van der Waals surface area contributed by atoms with Gasteiger partial charge in [0.05, 0.1) is 7.11 Å². The lowest BCUT2D eigenvalue weighted by molar-refractivity contribution is -0.153. The minimum atomic E-state index is -4.41. The molecule has 3 unspecified atom stereocenters. The number of rotatable bonds is 6. The van der Waals surface area contributed by atoms with Crippen LogP contribution >= 0.6 is 12.4 Å². The molecule has 0 bridgehead atoms. The molecule has 1 saturated heterocycles. The maximum Gasteiger partial charge on any atom is 0.422 e. The van der Waals surface area contributed by atoms with Crippen LogP contribution in [0.2, 0.25) is 0 Å². The number of hydrogen-bond donors (Lipinski definition) is 1. The number of carbonyl (C=O) groups is 1. The summed E-state index contributed by atoms with van der Waals surface area (Å²) >= 11 is 0. The Bertz CT molecular complexity index is 687. The van der Waals surface area contributed by atoms with Crippen LogP contribution in [-0.4, -0.2) is 49.8 Å². The van der Waals surface area contributed by atoms with E-state index in [4.69, 9.17) is 15.2 Å². The number of aryl methyl sites for hydroxylation is 1. The first-order valence-electron chi connectivity index (χ1n) is 9.16. The molecule has 0 spiro atoms. The van der Waals surface area contributed by atoms with Gasteiger partial charge in [-0.3, -0.25) is 4.79 Å². The van der Waals surface area contributed by atoms with E-state index in [0.29, 0.717) is 24.7 Å². The first-order chi connectivity index (χ1) is 12.8. The van der Waals surface area contributed by atoms with Crippen molar-refractivity contribution in [1.29, 1.82) is 0 Å². The number of benzene rings is 1. The molecular formula is C19H26ClF3N2O3. The lowest BCUT2D eigenvalue weighted by Gasteiger charge is -2.19. The van der Waals surface area contributed by atoms with Crippen LogP contribution < -0.4 is 15.2 Å². The molecular weight excluding hydrogens is 397 g/mol. The highest BCUT2D eigenvalue weighted by molar-refractivity contribution is 5.85. The minimum absolute atomic E-state index is 0. The Morgan fingerprint density at radius 1 is 1.25 bits per heavy atom. The Morgan fingerprint density at radius 3 is 2.64 bits per heavy atom. The number of likely N-dealkylation sites (tertiary alicyclic amines) is 1. The van der Waals surface area contributed by atoms with Gasteiger partial charge in [-0.25, -0.2) is 0 Å². The highest BCUT2D eigenvalue weighted by atomic mass is 35.5. The van der Waals surface area contributed by atoms with Gasteiger partial charge in [0.25, 0.3) is 0 Å². The lowest BCUT2D eigenvalue weighted by atomic mass is 9.98. The Balaban J connectivity index is 0.00000280. The van der Waals surface area contributed by atoms with E-state index in [-0.39, 0.29) is 35.9 Å². The van der Waals surface area contributed by atoms with Gasteiger partial charge in [0, 0.05) is 25.6 Å². The van der Waals surface area contributed by atoms with Crippen molar-refractivity contribution < 1.29 is 27.4 Å². The Kier molecular flexibility index (Phi) is 7.45. The summed E-state index contributed by atoms with van der Waals surface area (Å²) < 4.78 is 46.8. The van der Waals surface area contributed by atoms with Crippen LogP contribution in [0.25, 0.3) is 0 Å². The second kappa shape index (κ2) is 9.22. The summed E-state index contributed by atoms with van der Waals surface area (Å²) in [6.45, 7) is 0.142. The van der Waals surface area contributed by atoms with Crippen molar-refractivity contribution in [2.75, 3.05) is 26.8 Å². The molecule has 2 N–H and O–H groups in total. The molecule has 158 valence electrons. The fraction of sp³-hybridized carbons (Fsp3) is 0.632. The fourth-order valence-electron chi connectivity index (χ4n) is 4.07. The van der Waals surface area contributed by atoms with E-state index in [0.717, 1.165) is 31.5 Å². The van der Waals surface area contributed by atoms with E-state index in [1.165, 1.54) is 13.2 Å². The summed E-state index contributed by atoms with van der Waals surface area (Å²) in [5.74, 6) is 1.29. The molecule has 1 aliphatic carbocycles. The van der Waals surface area contributed by atoms with Gasteiger partial charge in [-0.05, 0) is 48.8 Å². The number of amides is 1. The first-order valence-corrected chi connectivity index (χ1v) is 9.16. The Hall–Kier alpha value is -1.67. The molecule has 1 aromatic rings. The number of halogens is 4. The lowest BCUT2D eigenvalue weighted by Crippen LogP contribution is -2.33. The van der Waals surface area contributed by atoms with Gasteiger partial charge in [-0.2, -0.15) is 13.2 Å². The van der Waals surface area contributed by atoms with Crippen molar-refractivity contribution in [2.45, 2.75) is 37.9 Å². The molecule has 1 amide bonds. The van der Waals surface area contributed by atoms with Crippen molar-refractivity contribution in [3.05, 3.63) is 23.8 Å². The zero-order valence-electron chi connectivity index (χ0n) is 15.7. The summed E-state index contributed by atoms with van der Waals surface area (Å²) in [6, 6.07) is 4.93. The van der Waals surface area contributed by atoms with Gasteiger partial charge >= 0.3 is 6.18 Å².